The topological polar surface area (TPSA) is 132 Å². The Hall–Kier alpha value is -3.70. The molecule has 2 aromatic carbocycles. The minimum atomic E-state index is -0.342. The predicted molar refractivity (Wildman–Crippen MR) is 168 cm³/mol. The second-order valence-electron chi connectivity index (χ2n) is 10.3. The fraction of sp³-hybridized carbons (Fsp3) is 0.419. The highest BCUT2D eigenvalue weighted by Gasteiger charge is 2.24. The van der Waals surface area contributed by atoms with E-state index in [-0.39, 0.29) is 32.1 Å². The summed E-state index contributed by atoms with van der Waals surface area (Å²) in [6.07, 6.45) is 1.55. The number of ketones is 1. The molecule has 2 aromatic rings. The summed E-state index contributed by atoms with van der Waals surface area (Å²) in [5.74, 6) is -0.461. The van der Waals surface area contributed by atoms with Crippen molar-refractivity contribution in [2.24, 2.45) is 4.99 Å². The van der Waals surface area contributed by atoms with Gasteiger partial charge >= 0.3 is 0 Å². The quantitative estimate of drug-likeness (QED) is 0.124. The third kappa shape index (κ3) is 8.64. The van der Waals surface area contributed by atoms with E-state index in [2.05, 4.69) is 20.9 Å². The van der Waals surface area contributed by atoms with Gasteiger partial charge in [0, 0.05) is 22.6 Å². The number of nitrogens with one attached hydrogen (secondary N) is 3. The molecule has 41 heavy (non-hydrogen) atoms. The van der Waals surface area contributed by atoms with Gasteiger partial charge in [-0.1, -0.05) is 0 Å². The van der Waals surface area contributed by atoms with E-state index in [1.165, 1.54) is 0 Å². The molecule has 0 radical (unpaired) electrons. The Bertz CT molecular complexity index is 1260. The lowest BCUT2D eigenvalue weighted by atomic mass is 9.99. The van der Waals surface area contributed by atoms with Crippen LogP contribution in [-0.2, 0) is 4.79 Å². The number of aliphatic imine (C=N–C) groups is 1. The van der Waals surface area contributed by atoms with E-state index in [4.69, 9.17) is 0 Å². The normalized spacial score (nSPS) is 15.2. The number of nitrogens with zero attached hydrogens (tertiary/aromatic N) is 3. The molecular weight excluding hydrogens is 520 g/mol. The molecule has 3 rings (SSSR count). The number of anilines is 3. The molecule has 0 saturated carbocycles. The lowest BCUT2D eigenvalue weighted by Crippen LogP contribution is -2.44. The maximum absolute atomic E-state index is 12.9. The Morgan fingerprint density at radius 1 is 0.756 bits per heavy atom. The van der Waals surface area contributed by atoms with Crippen LogP contribution in [0.1, 0.15) is 34.6 Å². The number of hydrogen-bond acceptors (Lipinski definition) is 8. The monoisotopic (exact) mass is 564 g/mol. The average molecular weight is 565 g/mol. The van der Waals surface area contributed by atoms with Crippen molar-refractivity contribution in [1.29, 1.82) is 0 Å². The van der Waals surface area contributed by atoms with Crippen LogP contribution >= 0.6 is 0 Å². The smallest absolute Gasteiger partial charge is 0.210 e. The van der Waals surface area contributed by atoms with Crippen LogP contribution in [0.3, 0.4) is 0 Å². The zero-order valence-electron chi connectivity index (χ0n) is 24.9. The van der Waals surface area contributed by atoms with Crippen LogP contribution in [0, 0.1) is 10.4 Å². The van der Waals surface area contributed by atoms with Crippen LogP contribution in [0.2, 0.25) is 0 Å². The number of likely N-dealkylation sites (N-methyl/N-ethyl adjacent to an activating group) is 2. The molecule has 0 aromatic heterocycles. The number of Topliss-reactive ketones (excluding diaryl/α,β-unsaturated/α-hetero) is 1. The predicted octanol–water partition coefficient (Wildman–Crippen LogP) is 5.70. The van der Waals surface area contributed by atoms with Gasteiger partial charge in [-0.05, 0) is 89.2 Å². The van der Waals surface area contributed by atoms with Gasteiger partial charge in [-0.25, -0.2) is 4.99 Å². The van der Waals surface area contributed by atoms with Gasteiger partial charge in [-0.15, -0.1) is 0 Å². The zero-order chi connectivity index (χ0) is 30.0. The Morgan fingerprint density at radius 2 is 1.20 bits per heavy atom. The molecule has 0 heterocycles. The Kier molecular flexibility index (Phi) is 11.1. The molecule has 1 aliphatic carbocycles. The molecule has 4 N–H and O–H groups in total. The third-order valence-electron chi connectivity index (χ3n) is 7.75. The van der Waals surface area contributed by atoms with Crippen molar-refractivity contribution in [2.75, 3.05) is 68.3 Å². The van der Waals surface area contributed by atoms with Gasteiger partial charge in [0.25, 0.3) is 0 Å². The molecule has 0 bridgehead atoms. The number of rotatable bonds is 15. The Labute approximate surface area is 243 Å². The van der Waals surface area contributed by atoms with Crippen LogP contribution in [0.5, 0.6) is 0 Å². The number of aliphatic hydroxyl groups is 1. The van der Waals surface area contributed by atoms with Gasteiger partial charge in [-0.3, -0.25) is 4.79 Å². The van der Waals surface area contributed by atoms with Crippen molar-refractivity contribution in [3.05, 3.63) is 82.1 Å². The highest BCUT2D eigenvalue weighted by atomic mass is 16.5. The van der Waals surface area contributed by atoms with E-state index in [0.29, 0.717) is 63.7 Å². The fourth-order valence-corrected chi connectivity index (χ4v) is 4.46. The maximum Gasteiger partial charge on any atom is 0.210 e. The fourth-order valence-electron chi connectivity index (χ4n) is 4.46. The molecule has 0 atom stereocenters. The number of quaternary nitrogens is 2. The summed E-state index contributed by atoms with van der Waals surface area (Å²) >= 11 is 0. The van der Waals surface area contributed by atoms with Crippen LogP contribution in [0.25, 0.3) is 0 Å². The first kappa shape index (κ1) is 31.8. The standard InChI is InChI=1S/C31H44N6O4/c1-6-36(40,7-2)20-18-32-24-10-14-26(15-11-24)34-28-22-29(31(39)23(5)30(28)38)35-27-16-12-25(13-17-27)33-19-21-37(41,8-3)9-4/h10-17,22,32-34,38H,6-9,18-21H2,1-5H3. The van der Waals surface area contributed by atoms with Gasteiger partial charge in [0.1, 0.15) is 11.5 Å². The average Bonchev–Trinajstić information content (AvgIpc) is 2.99. The number of carbonyl (C=O) groups excluding carboxylic acids is 1. The van der Waals surface area contributed by atoms with Crippen LogP contribution < -0.4 is 16.0 Å². The van der Waals surface area contributed by atoms with Gasteiger partial charge in [0.15, 0.2) is 0 Å². The number of hydroxylamine groups is 6. The zero-order valence-corrected chi connectivity index (χ0v) is 24.9. The van der Waals surface area contributed by atoms with E-state index in [0.717, 1.165) is 17.1 Å². The summed E-state index contributed by atoms with van der Waals surface area (Å²) in [7, 11) is 0. The first-order chi connectivity index (χ1) is 19.5. The van der Waals surface area contributed by atoms with Gasteiger partial charge < -0.3 is 40.8 Å². The summed E-state index contributed by atoms with van der Waals surface area (Å²) in [5.41, 5.74) is 3.89. The maximum atomic E-state index is 12.9. The second-order valence-corrected chi connectivity index (χ2v) is 10.3. The molecule has 0 unspecified atom stereocenters. The molecule has 0 amide bonds. The highest BCUT2D eigenvalue weighted by Crippen LogP contribution is 2.25. The second kappa shape index (κ2) is 14.3. The molecule has 222 valence electrons. The summed E-state index contributed by atoms with van der Waals surface area (Å²) < 4.78 is -0.457. The van der Waals surface area contributed by atoms with Gasteiger partial charge in [0.2, 0.25) is 5.78 Å². The lowest BCUT2D eigenvalue weighted by molar-refractivity contribution is -0.875. The highest BCUT2D eigenvalue weighted by molar-refractivity contribution is 6.51. The number of carbonyl (C=O) groups is 1. The number of aliphatic hydroxyl groups excluding tert-OH is 1. The third-order valence-corrected chi connectivity index (χ3v) is 7.75. The van der Waals surface area contributed by atoms with Crippen molar-refractivity contribution in [1.82, 2.24) is 0 Å². The first-order valence-corrected chi connectivity index (χ1v) is 14.4. The molecule has 10 nitrogen and oxygen atoms in total. The number of allylic oxidation sites excluding steroid dienone is 2. The van der Waals surface area contributed by atoms with E-state index >= 15 is 0 Å². The molecule has 0 fully saturated rings. The largest absolute Gasteiger partial charge is 0.633 e. The van der Waals surface area contributed by atoms with Crippen molar-refractivity contribution in [3.8, 4) is 0 Å². The van der Waals surface area contributed by atoms with Crippen LogP contribution in [-0.4, -0.2) is 78.3 Å². The minimum Gasteiger partial charge on any atom is -0.633 e. The summed E-state index contributed by atoms with van der Waals surface area (Å²) in [6, 6.07) is 14.9. The molecule has 0 aliphatic heterocycles. The van der Waals surface area contributed by atoms with Gasteiger partial charge in [-0.2, -0.15) is 0 Å². The van der Waals surface area contributed by atoms with E-state index in [1.807, 2.05) is 64.1 Å². The summed E-state index contributed by atoms with van der Waals surface area (Å²) in [4.78, 5) is 17.4. The lowest BCUT2D eigenvalue weighted by Gasteiger charge is -2.41. The first-order valence-electron chi connectivity index (χ1n) is 14.4. The van der Waals surface area contributed by atoms with Crippen molar-refractivity contribution < 1.29 is 19.2 Å². The number of benzene rings is 2. The molecule has 0 saturated heterocycles. The van der Waals surface area contributed by atoms with Crippen molar-refractivity contribution in [3.63, 3.8) is 0 Å². The van der Waals surface area contributed by atoms with Crippen molar-refractivity contribution in [2.45, 2.75) is 34.6 Å². The molecule has 1 aliphatic rings. The van der Waals surface area contributed by atoms with Gasteiger partial charge in [0.05, 0.1) is 63.7 Å². The summed E-state index contributed by atoms with van der Waals surface area (Å²) in [5, 5.41) is 45.3. The van der Waals surface area contributed by atoms with Crippen LogP contribution in [0.15, 0.2) is 76.6 Å². The minimum absolute atomic E-state index is 0.119. The summed E-state index contributed by atoms with van der Waals surface area (Å²) in [6.45, 7) is 13.5. The van der Waals surface area contributed by atoms with E-state index in [9.17, 15) is 20.3 Å². The van der Waals surface area contributed by atoms with Crippen molar-refractivity contribution >= 4 is 34.2 Å². The van der Waals surface area contributed by atoms with E-state index < -0.39 is 0 Å². The van der Waals surface area contributed by atoms with Crippen LogP contribution in [0.4, 0.5) is 22.7 Å². The molecular formula is C31H44N6O4. The Balaban J connectivity index is 1.66. The molecule has 10 heteroatoms. The number of hydrogen-bond donors (Lipinski definition) is 4. The Morgan fingerprint density at radius 3 is 1.66 bits per heavy atom. The molecule has 0 spiro atoms. The SMILES string of the molecule is CC[N+]([O-])(CC)CCNc1ccc(N=C2C=C(Nc3ccc(NCC[N+]([O-])(CC)CC)cc3)C(O)=C(C)C2=O)cc1. The van der Waals surface area contributed by atoms with E-state index in [1.54, 1.807) is 25.1 Å².